The van der Waals surface area contributed by atoms with Crippen LogP contribution in [0.15, 0.2) is 10.9 Å². The van der Waals surface area contributed by atoms with E-state index in [1.807, 2.05) is 0 Å². The maximum Gasteiger partial charge on any atom is 0.226 e. The van der Waals surface area contributed by atoms with Crippen LogP contribution in [0.2, 0.25) is 0 Å². The normalized spacial score (nSPS) is 10.1. The van der Waals surface area contributed by atoms with E-state index in [9.17, 15) is 0 Å². The van der Waals surface area contributed by atoms with Crippen molar-refractivity contribution < 1.29 is 4.52 Å². The molecule has 1 aromatic rings. The molecule has 3 nitrogen and oxygen atoms in total. The highest BCUT2D eigenvalue weighted by atomic mass is 16.5. The van der Waals surface area contributed by atoms with Crippen molar-refractivity contribution in [1.82, 2.24) is 10.1 Å². The second-order valence-corrected chi connectivity index (χ2v) is 2.29. The van der Waals surface area contributed by atoms with Gasteiger partial charge in [0.15, 0.2) is 6.33 Å². The second kappa shape index (κ2) is 4.04. The summed E-state index contributed by atoms with van der Waals surface area (Å²) in [5.74, 6) is 0.758. The van der Waals surface area contributed by atoms with Crippen molar-refractivity contribution in [2.45, 2.75) is 32.6 Å². The van der Waals surface area contributed by atoms with Crippen LogP contribution in [-0.4, -0.2) is 10.1 Å². The van der Waals surface area contributed by atoms with Crippen molar-refractivity contribution in [2.75, 3.05) is 0 Å². The first-order chi connectivity index (χ1) is 4.93. The van der Waals surface area contributed by atoms with E-state index in [2.05, 4.69) is 17.1 Å². The predicted octanol–water partition coefficient (Wildman–Crippen LogP) is 1.80. The van der Waals surface area contributed by atoms with E-state index in [-0.39, 0.29) is 0 Å². The molecule has 0 saturated heterocycles. The molecule has 0 N–H and O–H groups in total. The number of nitrogens with zero attached hydrogens (tertiary/aromatic N) is 2. The molecule has 0 aromatic carbocycles. The summed E-state index contributed by atoms with van der Waals surface area (Å²) in [6, 6.07) is 0. The van der Waals surface area contributed by atoms with Crippen LogP contribution in [0.1, 0.15) is 32.1 Å². The van der Waals surface area contributed by atoms with Gasteiger partial charge in [-0.15, -0.1) is 0 Å². The number of aromatic nitrogens is 2. The Kier molecular flexibility index (Phi) is 2.93. The minimum absolute atomic E-state index is 0.758. The van der Waals surface area contributed by atoms with Crippen LogP contribution in [0.3, 0.4) is 0 Å². The Morgan fingerprint density at radius 2 is 2.40 bits per heavy atom. The average molecular weight is 140 g/mol. The highest BCUT2D eigenvalue weighted by Crippen LogP contribution is 2.01. The molecule has 1 aromatic heterocycles. The molecule has 0 bridgehead atoms. The van der Waals surface area contributed by atoms with Crippen LogP contribution < -0.4 is 0 Å². The highest BCUT2D eigenvalue weighted by Gasteiger charge is 1.96. The van der Waals surface area contributed by atoms with Gasteiger partial charge >= 0.3 is 0 Å². The number of rotatable bonds is 4. The van der Waals surface area contributed by atoms with E-state index >= 15 is 0 Å². The largest absolute Gasteiger partial charge is 0.340 e. The van der Waals surface area contributed by atoms with Gasteiger partial charge in [-0.2, -0.15) is 4.98 Å². The Balaban J connectivity index is 2.15. The Labute approximate surface area is 60.4 Å². The Morgan fingerprint density at radius 1 is 1.50 bits per heavy atom. The molecule has 0 radical (unpaired) electrons. The fourth-order valence-electron chi connectivity index (χ4n) is 0.832. The Bertz CT molecular complexity index is 160. The Morgan fingerprint density at radius 3 is 3.00 bits per heavy atom. The fourth-order valence-corrected chi connectivity index (χ4v) is 0.832. The van der Waals surface area contributed by atoms with Gasteiger partial charge in [-0.05, 0) is 6.42 Å². The van der Waals surface area contributed by atoms with Crippen LogP contribution in [0, 0.1) is 0 Å². The molecule has 0 amide bonds. The van der Waals surface area contributed by atoms with E-state index in [0.29, 0.717) is 0 Å². The minimum Gasteiger partial charge on any atom is -0.340 e. The van der Waals surface area contributed by atoms with E-state index < -0.39 is 0 Å². The Hall–Kier alpha value is -0.860. The first-order valence-corrected chi connectivity index (χ1v) is 3.69. The molecular weight excluding hydrogens is 128 g/mol. The summed E-state index contributed by atoms with van der Waals surface area (Å²) in [6.45, 7) is 2.17. The van der Waals surface area contributed by atoms with Crippen molar-refractivity contribution in [3.63, 3.8) is 0 Å². The van der Waals surface area contributed by atoms with E-state index in [0.717, 1.165) is 18.7 Å². The summed E-state index contributed by atoms with van der Waals surface area (Å²) in [6.07, 6.45) is 5.99. The zero-order valence-corrected chi connectivity index (χ0v) is 6.21. The molecule has 10 heavy (non-hydrogen) atoms. The van der Waals surface area contributed by atoms with Crippen molar-refractivity contribution in [1.29, 1.82) is 0 Å². The summed E-state index contributed by atoms with van der Waals surface area (Å²) in [5, 5.41) is 3.51. The van der Waals surface area contributed by atoms with Gasteiger partial charge in [-0.1, -0.05) is 24.9 Å². The van der Waals surface area contributed by atoms with E-state index in [1.54, 1.807) is 0 Å². The highest BCUT2D eigenvalue weighted by molar-refractivity contribution is 4.73. The summed E-state index contributed by atoms with van der Waals surface area (Å²) in [7, 11) is 0. The van der Waals surface area contributed by atoms with Crippen molar-refractivity contribution in [3.05, 3.63) is 12.2 Å². The molecule has 0 atom stereocenters. The van der Waals surface area contributed by atoms with Gasteiger partial charge in [0.2, 0.25) is 5.89 Å². The second-order valence-electron chi connectivity index (χ2n) is 2.29. The lowest BCUT2D eigenvalue weighted by atomic mass is 10.2. The lowest BCUT2D eigenvalue weighted by Gasteiger charge is -1.90. The molecule has 0 spiro atoms. The predicted molar refractivity (Wildman–Crippen MR) is 37.5 cm³/mol. The van der Waals surface area contributed by atoms with Gasteiger partial charge in [0.05, 0.1) is 0 Å². The zero-order chi connectivity index (χ0) is 7.23. The van der Waals surface area contributed by atoms with E-state index in [1.165, 1.54) is 19.2 Å². The SMILES string of the molecule is CCCCCc1ncno1. The quantitative estimate of drug-likeness (QED) is 0.598. The van der Waals surface area contributed by atoms with Gasteiger partial charge in [0, 0.05) is 6.42 Å². The van der Waals surface area contributed by atoms with Crippen LogP contribution in [-0.2, 0) is 6.42 Å². The number of hydrogen-bond acceptors (Lipinski definition) is 3. The summed E-state index contributed by atoms with van der Waals surface area (Å²) < 4.78 is 4.82. The van der Waals surface area contributed by atoms with Crippen LogP contribution in [0.4, 0.5) is 0 Å². The first-order valence-electron chi connectivity index (χ1n) is 3.69. The van der Waals surface area contributed by atoms with Crippen molar-refractivity contribution in [2.24, 2.45) is 0 Å². The van der Waals surface area contributed by atoms with Gasteiger partial charge in [-0.25, -0.2) is 0 Å². The molecule has 0 unspecified atom stereocenters. The molecule has 0 aliphatic rings. The van der Waals surface area contributed by atoms with E-state index in [4.69, 9.17) is 4.52 Å². The first kappa shape index (κ1) is 7.25. The third-order valence-electron chi connectivity index (χ3n) is 1.40. The van der Waals surface area contributed by atoms with Crippen molar-refractivity contribution >= 4 is 0 Å². The third-order valence-corrected chi connectivity index (χ3v) is 1.40. The lowest BCUT2D eigenvalue weighted by molar-refractivity contribution is 0.373. The standard InChI is InChI=1S/C7H12N2O/c1-2-3-4-5-7-8-6-9-10-7/h6H,2-5H2,1H3. The van der Waals surface area contributed by atoms with Gasteiger partial charge in [0.1, 0.15) is 0 Å². The van der Waals surface area contributed by atoms with Crippen molar-refractivity contribution in [3.8, 4) is 0 Å². The number of hydrogen-bond donors (Lipinski definition) is 0. The molecule has 56 valence electrons. The summed E-state index contributed by atoms with van der Waals surface area (Å²) in [4.78, 5) is 3.91. The smallest absolute Gasteiger partial charge is 0.226 e. The topological polar surface area (TPSA) is 38.9 Å². The third kappa shape index (κ3) is 2.17. The van der Waals surface area contributed by atoms with Gasteiger partial charge in [-0.3, -0.25) is 0 Å². The maximum absolute atomic E-state index is 4.82. The summed E-state index contributed by atoms with van der Waals surface area (Å²) >= 11 is 0. The molecule has 3 heteroatoms. The van der Waals surface area contributed by atoms with Gasteiger partial charge in [0.25, 0.3) is 0 Å². The molecule has 0 fully saturated rings. The lowest BCUT2D eigenvalue weighted by Crippen LogP contribution is -1.83. The van der Waals surface area contributed by atoms with Gasteiger partial charge < -0.3 is 4.52 Å². The monoisotopic (exact) mass is 140 g/mol. The number of aryl methyl sites for hydroxylation is 1. The fraction of sp³-hybridized carbons (Fsp3) is 0.714. The molecule has 0 aliphatic heterocycles. The molecular formula is C7H12N2O. The molecule has 0 saturated carbocycles. The average Bonchev–Trinajstić information content (AvgIpc) is 2.41. The minimum atomic E-state index is 0.758. The van der Waals surface area contributed by atoms with Crippen LogP contribution in [0.5, 0.6) is 0 Å². The summed E-state index contributed by atoms with van der Waals surface area (Å²) in [5.41, 5.74) is 0. The number of unbranched alkanes of at least 4 members (excludes halogenated alkanes) is 2. The zero-order valence-electron chi connectivity index (χ0n) is 6.21. The van der Waals surface area contributed by atoms with Crippen LogP contribution in [0.25, 0.3) is 0 Å². The molecule has 1 rings (SSSR count). The molecule has 1 heterocycles. The van der Waals surface area contributed by atoms with Crippen LogP contribution >= 0.6 is 0 Å². The molecule has 0 aliphatic carbocycles. The maximum atomic E-state index is 4.82.